The molecular weight excluding hydrogens is 280 g/mol. The molecule has 0 spiro atoms. The van der Waals surface area contributed by atoms with Gasteiger partial charge in [-0.25, -0.2) is 0 Å². The van der Waals surface area contributed by atoms with Crippen LogP contribution < -0.4 is 5.32 Å². The summed E-state index contributed by atoms with van der Waals surface area (Å²) in [7, 11) is 0. The highest BCUT2D eigenvalue weighted by atomic mass is 79.9. The number of carbonyl (C=O) groups is 1. The lowest BCUT2D eigenvalue weighted by atomic mass is 9.95. The van der Waals surface area contributed by atoms with Gasteiger partial charge in [0.05, 0.1) is 0 Å². The lowest BCUT2D eigenvalue weighted by Gasteiger charge is -2.34. The molecule has 1 saturated heterocycles. The van der Waals surface area contributed by atoms with Gasteiger partial charge in [-0.05, 0) is 50.1 Å². The van der Waals surface area contributed by atoms with Crippen molar-refractivity contribution in [3.63, 3.8) is 0 Å². The molecule has 3 nitrogen and oxygen atoms in total. The van der Waals surface area contributed by atoms with E-state index in [0.29, 0.717) is 11.3 Å². The van der Waals surface area contributed by atoms with Crippen LogP contribution in [0.4, 0.5) is 0 Å². The number of likely N-dealkylation sites (tertiary alicyclic amines) is 1. The first-order chi connectivity index (χ1) is 8.13. The maximum atomic E-state index is 10.9. The molecule has 0 aromatic heterocycles. The molecule has 0 aromatic carbocycles. The Kier molecular flexibility index (Phi) is 4.47. The average Bonchev–Trinajstić information content (AvgIpc) is 3.09. The summed E-state index contributed by atoms with van der Waals surface area (Å²) in [4.78, 5) is 13.5. The van der Waals surface area contributed by atoms with E-state index in [1.54, 1.807) is 6.92 Å². The summed E-state index contributed by atoms with van der Waals surface area (Å²) >= 11 is 3.64. The topological polar surface area (TPSA) is 32.3 Å². The summed E-state index contributed by atoms with van der Waals surface area (Å²) in [5.41, 5.74) is 0.602. The SMILES string of the molecule is CC(=O)NCC1CCN(CC2(CBr)CC2)CC1. The minimum absolute atomic E-state index is 0.101. The first-order valence-electron chi connectivity index (χ1n) is 6.66. The van der Waals surface area contributed by atoms with Crippen LogP contribution in [-0.2, 0) is 4.79 Å². The van der Waals surface area contributed by atoms with E-state index < -0.39 is 0 Å². The average molecular weight is 303 g/mol. The first-order valence-corrected chi connectivity index (χ1v) is 7.78. The van der Waals surface area contributed by atoms with Gasteiger partial charge in [-0.1, -0.05) is 15.9 Å². The zero-order valence-electron chi connectivity index (χ0n) is 10.7. The van der Waals surface area contributed by atoms with E-state index in [2.05, 4.69) is 26.1 Å². The van der Waals surface area contributed by atoms with Crippen LogP contribution in [0.25, 0.3) is 0 Å². The monoisotopic (exact) mass is 302 g/mol. The standard InChI is InChI=1S/C13H23BrN2O/c1-11(17)15-8-12-2-6-16(7-3-12)10-13(9-14)4-5-13/h12H,2-10H2,1H3,(H,15,17). The van der Waals surface area contributed by atoms with Crippen LogP contribution >= 0.6 is 15.9 Å². The molecule has 1 saturated carbocycles. The summed E-state index contributed by atoms with van der Waals surface area (Å²) in [5.74, 6) is 0.790. The van der Waals surface area contributed by atoms with Gasteiger partial charge in [-0.15, -0.1) is 0 Å². The van der Waals surface area contributed by atoms with Gasteiger partial charge in [-0.3, -0.25) is 4.79 Å². The molecule has 0 aromatic rings. The number of hydrogen-bond acceptors (Lipinski definition) is 2. The van der Waals surface area contributed by atoms with Gasteiger partial charge in [0.2, 0.25) is 5.91 Å². The molecule has 2 aliphatic rings. The lowest BCUT2D eigenvalue weighted by Crippen LogP contribution is -2.41. The van der Waals surface area contributed by atoms with E-state index >= 15 is 0 Å². The normalized spacial score (nSPS) is 24.6. The molecule has 1 heterocycles. The molecule has 0 unspecified atom stereocenters. The van der Waals surface area contributed by atoms with E-state index in [1.165, 1.54) is 45.3 Å². The molecule has 1 aliphatic carbocycles. The number of nitrogens with zero attached hydrogens (tertiary/aromatic N) is 1. The van der Waals surface area contributed by atoms with Crippen molar-refractivity contribution in [3.8, 4) is 0 Å². The summed E-state index contributed by atoms with van der Waals surface area (Å²) in [6, 6.07) is 0. The highest BCUT2D eigenvalue weighted by Gasteiger charge is 2.43. The Hall–Kier alpha value is -0.0900. The van der Waals surface area contributed by atoms with Crippen molar-refractivity contribution >= 4 is 21.8 Å². The maximum Gasteiger partial charge on any atom is 0.216 e. The van der Waals surface area contributed by atoms with Crippen molar-refractivity contribution < 1.29 is 4.79 Å². The smallest absolute Gasteiger partial charge is 0.216 e. The largest absolute Gasteiger partial charge is 0.356 e. The number of nitrogens with one attached hydrogen (secondary N) is 1. The Labute approximate surface area is 112 Å². The second kappa shape index (κ2) is 5.70. The third-order valence-corrected chi connectivity index (χ3v) is 5.34. The second-order valence-electron chi connectivity index (χ2n) is 5.79. The van der Waals surface area contributed by atoms with Gasteiger partial charge in [-0.2, -0.15) is 0 Å². The number of rotatable bonds is 5. The molecular formula is C13H23BrN2O. The summed E-state index contributed by atoms with van der Waals surface area (Å²) in [6.07, 6.45) is 5.26. The third kappa shape index (κ3) is 3.95. The molecule has 1 aliphatic heterocycles. The summed E-state index contributed by atoms with van der Waals surface area (Å²) in [6.45, 7) is 6.15. The molecule has 4 heteroatoms. The molecule has 17 heavy (non-hydrogen) atoms. The van der Waals surface area contributed by atoms with Crippen molar-refractivity contribution in [1.82, 2.24) is 10.2 Å². The number of hydrogen-bond donors (Lipinski definition) is 1. The zero-order valence-corrected chi connectivity index (χ0v) is 12.3. The lowest BCUT2D eigenvalue weighted by molar-refractivity contribution is -0.119. The van der Waals surface area contributed by atoms with Crippen LogP contribution in [0.3, 0.4) is 0 Å². The second-order valence-corrected chi connectivity index (χ2v) is 6.35. The van der Waals surface area contributed by atoms with E-state index in [0.717, 1.165) is 11.9 Å². The van der Waals surface area contributed by atoms with E-state index in [4.69, 9.17) is 0 Å². The summed E-state index contributed by atoms with van der Waals surface area (Å²) in [5, 5.41) is 4.10. The highest BCUT2D eigenvalue weighted by Crippen LogP contribution is 2.47. The minimum Gasteiger partial charge on any atom is -0.356 e. The van der Waals surface area contributed by atoms with Gasteiger partial charge in [0.15, 0.2) is 0 Å². The van der Waals surface area contributed by atoms with Crippen molar-refractivity contribution in [1.29, 1.82) is 0 Å². The summed E-state index contributed by atoms with van der Waals surface area (Å²) < 4.78 is 0. The quantitative estimate of drug-likeness (QED) is 0.788. The molecule has 1 amide bonds. The van der Waals surface area contributed by atoms with Crippen LogP contribution in [0.2, 0.25) is 0 Å². The first kappa shape index (κ1) is 13.3. The van der Waals surface area contributed by atoms with Crippen LogP contribution in [0.15, 0.2) is 0 Å². The van der Waals surface area contributed by atoms with Gasteiger partial charge in [0, 0.05) is 25.3 Å². The molecule has 2 fully saturated rings. The molecule has 1 N–H and O–H groups in total. The third-order valence-electron chi connectivity index (χ3n) is 4.15. The molecule has 0 atom stereocenters. The Morgan fingerprint density at radius 1 is 1.41 bits per heavy atom. The predicted octanol–water partition coefficient (Wildman–Crippen LogP) is 2.01. The van der Waals surface area contributed by atoms with Gasteiger partial charge >= 0.3 is 0 Å². The minimum atomic E-state index is 0.101. The fraction of sp³-hybridized carbons (Fsp3) is 0.923. The predicted molar refractivity (Wildman–Crippen MR) is 73.3 cm³/mol. The number of alkyl halides is 1. The Morgan fingerprint density at radius 2 is 2.06 bits per heavy atom. The number of carbonyl (C=O) groups excluding carboxylic acids is 1. The van der Waals surface area contributed by atoms with Crippen molar-refractivity contribution in [2.75, 3.05) is 31.5 Å². The number of piperidine rings is 1. The molecule has 0 bridgehead atoms. The number of halogens is 1. The van der Waals surface area contributed by atoms with Crippen molar-refractivity contribution in [3.05, 3.63) is 0 Å². The van der Waals surface area contributed by atoms with Crippen LogP contribution in [0.5, 0.6) is 0 Å². The molecule has 98 valence electrons. The van der Waals surface area contributed by atoms with Crippen LogP contribution in [0, 0.1) is 11.3 Å². The Bertz CT molecular complexity index is 271. The fourth-order valence-electron chi connectivity index (χ4n) is 2.62. The Balaban J connectivity index is 1.66. The van der Waals surface area contributed by atoms with Gasteiger partial charge in [0.25, 0.3) is 0 Å². The molecule has 0 radical (unpaired) electrons. The van der Waals surface area contributed by atoms with E-state index in [1.807, 2.05) is 0 Å². The van der Waals surface area contributed by atoms with E-state index in [-0.39, 0.29) is 5.91 Å². The van der Waals surface area contributed by atoms with Gasteiger partial charge < -0.3 is 10.2 Å². The Morgan fingerprint density at radius 3 is 2.53 bits per heavy atom. The van der Waals surface area contributed by atoms with Gasteiger partial charge in [0.1, 0.15) is 0 Å². The highest BCUT2D eigenvalue weighted by molar-refractivity contribution is 9.09. The van der Waals surface area contributed by atoms with Crippen LogP contribution in [0.1, 0.15) is 32.6 Å². The van der Waals surface area contributed by atoms with Crippen LogP contribution in [-0.4, -0.2) is 42.3 Å². The number of amides is 1. The van der Waals surface area contributed by atoms with Crippen molar-refractivity contribution in [2.45, 2.75) is 32.6 Å². The van der Waals surface area contributed by atoms with E-state index in [9.17, 15) is 4.79 Å². The fourth-order valence-corrected chi connectivity index (χ4v) is 3.36. The van der Waals surface area contributed by atoms with Crippen molar-refractivity contribution in [2.24, 2.45) is 11.3 Å². The maximum absolute atomic E-state index is 10.9. The molecule has 2 rings (SSSR count). The zero-order chi connectivity index (χ0) is 12.3.